The Morgan fingerprint density at radius 1 is 1.30 bits per heavy atom. The average Bonchev–Trinajstić information content (AvgIpc) is 3.34. The zero-order chi connectivity index (χ0) is 21.7. The number of nitrogens with one attached hydrogen (secondary N) is 1. The van der Waals surface area contributed by atoms with Crippen LogP contribution >= 0.6 is 0 Å². The molecule has 0 aliphatic carbocycles. The number of fused-ring (bicyclic) bond motifs is 1. The third-order valence-electron chi connectivity index (χ3n) is 5.88. The molecule has 0 amide bonds. The Morgan fingerprint density at radius 2 is 2.07 bits per heavy atom. The minimum absolute atomic E-state index is 0.0357. The van der Waals surface area contributed by atoms with Gasteiger partial charge in [0, 0.05) is 43.5 Å². The Bertz CT molecular complexity index is 1010. The van der Waals surface area contributed by atoms with Crippen molar-refractivity contribution in [1.82, 2.24) is 19.1 Å². The number of hydrogen-bond acceptors (Lipinski definition) is 5. The van der Waals surface area contributed by atoms with Gasteiger partial charge in [0.05, 0.1) is 5.69 Å². The fourth-order valence-electron chi connectivity index (χ4n) is 4.10. The third-order valence-corrected chi connectivity index (χ3v) is 7.73. The zero-order valence-electron chi connectivity index (χ0n) is 16.7. The summed E-state index contributed by atoms with van der Waals surface area (Å²) in [7, 11) is -3.70. The summed E-state index contributed by atoms with van der Waals surface area (Å²) >= 11 is 0. The molecule has 1 saturated heterocycles. The molecule has 4 rings (SSSR count). The lowest BCUT2D eigenvalue weighted by Crippen LogP contribution is -2.41. The van der Waals surface area contributed by atoms with Gasteiger partial charge in [0.25, 0.3) is 0 Å². The van der Waals surface area contributed by atoms with Crippen LogP contribution in [0.25, 0.3) is 0 Å². The predicted molar refractivity (Wildman–Crippen MR) is 105 cm³/mol. The van der Waals surface area contributed by atoms with E-state index in [-0.39, 0.29) is 42.3 Å². The Hall–Kier alpha value is -2.14. The molecule has 2 aliphatic heterocycles. The van der Waals surface area contributed by atoms with Crippen molar-refractivity contribution in [2.75, 3.05) is 18.4 Å². The van der Waals surface area contributed by atoms with Gasteiger partial charge in [-0.25, -0.2) is 13.1 Å². The SMILES string of the molecule is CC(C)[C@@H]1C[C@H](C(F)(F)F)n2nc([C@@H]3CCN(S(=O)(=O)c4cccnc4)C3)cc2N1. The van der Waals surface area contributed by atoms with Gasteiger partial charge in [0.15, 0.2) is 6.04 Å². The lowest BCUT2D eigenvalue weighted by Gasteiger charge is -2.35. The number of aromatic nitrogens is 3. The highest BCUT2D eigenvalue weighted by Gasteiger charge is 2.47. The second-order valence-electron chi connectivity index (χ2n) is 8.22. The Kier molecular flexibility index (Phi) is 5.29. The first kappa shape index (κ1) is 21.1. The summed E-state index contributed by atoms with van der Waals surface area (Å²) in [5, 5.41) is 7.43. The molecular formula is C19H24F3N5O2S. The van der Waals surface area contributed by atoms with E-state index in [0.717, 1.165) is 4.68 Å². The normalized spacial score (nSPS) is 25.3. The summed E-state index contributed by atoms with van der Waals surface area (Å²) in [4.78, 5) is 3.96. The first-order valence-corrected chi connectivity index (χ1v) is 11.3. The molecule has 0 aromatic carbocycles. The Balaban J connectivity index is 1.58. The van der Waals surface area contributed by atoms with E-state index in [9.17, 15) is 21.6 Å². The fourth-order valence-corrected chi connectivity index (χ4v) is 5.56. The van der Waals surface area contributed by atoms with E-state index in [1.165, 1.54) is 22.8 Å². The van der Waals surface area contributed by atoms with Crippen molar-refractivity contribution in [2.24, 2.45) is 5.92 Å². The van der Waals surface area contributed by atoms with Crippen molar-refractivity contribution >= 4 is 15.8 Å². The maximum absolute atomic E-state index is 13.7. The van der Waals surface area contributed by atoms with Gasteiger partial charge in [-0.2, -0.15) is 22.6 Å². The van der Waals surface area contributed by atoms with Gasteiger partial charge in [-0.3, -0.25) is 4.98 Å². The lowest BCUT2D eigenvalue weighted by molar-refractivity contribution is -0.174. The molecule has 1 N–H and O–H groups in total. The Labute approximate surface area is 173 Å². The molecule has 0 saturated carbocycles. The molecule has 2 aromatic rings. The van der Waals surface area contributed by atoms with Crippen LogP contribution in [-0.4, -0.2) is 52.8 Å². The standard InChI is InChI=1S/C19H24F3N5O2S/c1-12(2)15-8-17(19(20,21)22)27-18(24-15)9-16(25-27)13-5-7-26(11-13)30(28,29)14-4-3-6-23-10-14/h3-4,6,9-10,12-13,15,17,24H,5,7-8,11H2,1-2H3/t13-,15+,17-/m1/s1. The molecule has 0 bridgehead atoms. The van der Waals surface area contributed by atoms with Gasteiger partial charge >= 0.3 is 6.18 Å². The van der Waals surface area contributed by atoms with Crippen molar-refractivity contribution in [3.8, 4) is 0 Å². The van der Waals surface area contributed by atoms with E-state index < -0.39 is 22.2 Å². The molecule has 2 aromatic heterocycles. The molecule has 1 fully saturated rings. The van der Waals surface area contributed by atoms with Crippen molar-refractivity contribution in [3.63, 3.8) is 0 Å². The molecular weight excluding hydrogens is 419 g/mol. The van der Waals surface area contributed by atoms with Crippen molar-refractivity contribution in [3.05, 3.63) is 36.3 Å². The summed E-state index contributed by atoms with van der Waals surface area (Å²) in [6.07, 6.45) is -1.20. The molecule has 0 radical (unpaired) electrons. The van der Waals surface area contributed by atoms with E-state index >= 15 is 0 Å². The fraction of sp³-hybridized carbons (Fsp3) is 0.579. The van der Waals surface area contributed by atoms with E-state index in [1.54, 1.807) is 12.1 Å². The van der Waals surface area contributed by atoms with Crippen LogP contribution in [0.3, 0.4) is 0 Å². The molecule has 7 nitrogen and oxygen atoms in total. The van der Waals surface area contributed by atoms with Gasteiger partial charge < -0.3 is 5.32 Å². The van der Waals surface area contributed by atoms with Crippen LogP contribution in [-0.2, 0) is 10.0 Å². The summed E-state index contributed by atoms with van der Waals surface area (Å²) < 4.78 is 69.0. The number of hydrogen-bond donors (Lipinski definition) is 1. The second-order valence-corrected chi connectivity index (χ2v) is 10.2. The first-order valence-electron chi connectivity index (χ1n) is 9.90. The molecule has 4 heterocycles. The van der Waals surface area contributed by atoms with Crippen LogP contribution in [0.1, 0.15) is 44.3 Å². The number of nitrogens with zero attached hydrogens (tertiary/aromatic N) is 4. The number of sulfonamides is 1. The van der Waals surface area contributed by atoms with E-state index in [1.807, 2.05) is 13.8 Å². The lowest BCUT2D eigenvalue weighted by atomic mass is 9.94. The van der Waals surface area contributed by atoms with Crippen LogP contribution < -0.4 is 5.32 Å². The minimum atomic E-state index is -4.40. The maximum atomic E-state index is 13.7. The number of alkyl halides is 3. The van der Waals surface area contributed by atoms with Crippen LogP contribution in [0.15, 0.2) is 35.5 Å². The summed E-state index contributed by atoms with van der Waals surface area (Å²) in [6, 6.07) is 2.68. The maximum Gasteiger partial charge on any atom is 0.410 e. The summed E-state index contributed by atoms with van der Waals surface area (Å²) in [5.41, 5.74) is 0.486. The topological polar surface area (TPSA) is 80.1 Å². The number of pyridine rings is 1. The van der Waals surface area contributed by atoms with Gasteiger partial charge in [-0.1, -0.05) is 13.8 Å². The van der Waals surface area contributed by atoms with Crippen molar-refractivity contribution < 1.29 is 21.6 Å². The molecule has 11 heteroatoms. The smallest absolute Gasteiger partial charge is 0.367 e. The van der Waals surface area contributed by atoms with Crippen molar-refractivity contribution in [2.45, 2.75) is 55.8 Å². The van der Waals surface area contributed by atoms with E-state index in [0.29, 0.717) is 17.9 Å². The molecule has 2 aliphatic rings. The van der Waals surface area contributed by atoms with Gasteiger partial charge in [0.1, 0.15) is 10.7 Å². The molecule has 164 valence electrons. The highest BCUT2D eigenvalue weighted by molar-refractivity contribution is 7.89. The largest absolute Gasteiger partial charge is 0.410 e. The average molecular weight is 443 g/mol. The molecule has 30 heavy (non-hydrogen) atoms. The van der Waals surface area contributed by atoms with Gasteiger partial charge in [-0.15, -0.1) is 0 Å². The molecule has 3 atom stereocenters. The van der Waals surface area contributed by atoms with Crippen LogP contribution in [0.4, 0.5) is 19.0 Å². The monoisotopic (exact) mass is 443 g/mol. The van der Waals surface area contributed by atoms with E-state index in [2.05, 4.69) is 15.4 Å². The highest BCUT2D eigenvalue weighted by atomic mass is 32.2. The first-order chi connectivity index (χ1) is 14.1. The van der Waals surface area contributed by atoms with E-state index in [4.69, 9.17) is 0 Å². The molecule has 0 unspecified atom stereocenters. The third kappa shape index (κ3) is 3.80. The summed E-state index contributed by atoms with van der Waals surface area (Å²) in [5.74, 6) is 0.113. The zero-order valence-corrected chi connectivity index (χ0v) is 17.5. The number of rotatable bonds is 4. The van der Waals surface area contributed by atoms with Crippen LogP contribution in [0.2, 0.25) is 0 Å². The highest BCUT2D eigenvalue weighted by Crippen LogP contribution is 2.42. The predicted octanol–water partition coefficient (Wildman–Crippen LogP) is 3.40. The van der Waals surface area contributed by atoms with Crippen molar-refractivity contribution in [1.29, 1.82) is 0 Å². The summed E-state index contributed by atoms with van der Waals surface area (Å²) in [6.45, 7) is 4.24. The van der Waals surface area contributed by atoms with Crippen LogP contribution in [0, 0.1) is 5.92 Å². The van der Waals surface area contributed by atoms with Gasteiger partial charge in [-0.05, 0) is 30.9 Å². The minimum Gasteiger partial charge on any atom is -0.367 e. The van der Waals surface area contributed by atoms with Crippen LogP contribution in [0.5, 0.6) is 0 Å². The molecule has 0 spiro atoms. The quantitative estimate of drug-likeness (QED) is 0.784. The second kappa shape index (κ2) is 7.52. The number of anilines is 1. The number of halogens is 3. The Morgan fingerprint density at radius 3 is 2.70 bits per heavy atom. The van der Waals surface area contributed by atoms with Gasteiger partial charge in [0.2, 0.25) is 10.0 Å².